The highest BCUT2D eigenvalue weighted by Gasteiger charge is 2.69. The van der Waals surface area contributed by atoms with Crippen molar-refractivity contribution >= 4 is 44.6 Å². The normalized spacial score (nSPS) is 21.2. The molecule has 168 valence electrons. The number of carbonyl (C=O) groups excluding carboxylic acids is 2. The van der Waals surface area contributed by atoms with Crippen molar-refractivity contribution in [1.29, 1.82) is 0 Å². The summed E-state index contributed by atoms with van der Waals surface area (Å²) in [4.78, 5) is 27.1. The molecule has 2 heterocycles. The molecule has 0 unspecified atom stereocenters. The molecule has 3 aromatic rings. The zero-order valence-electron chi connectivity index (χ0n) is 17.5. The number of para-hydroxylation sites is 1. The minimum Gasteiger partial charge on any atom is -0.304 e. The van der Waals surface area contributed by atoms with E-state index < -0.39 is 38.1 Å². The van der Waals surface area contributed by atoms with Crippen LogP contribution in [0, 0.1) is 12.7 Å². The van der Waals surface area contributed by atoms with Crippen LogP contribution in [0.2, 0.25) is 5.02 Å². The molecule has 2 aliphatic rings. The predicted octanol–water partition coefficient (Wildman–Crippen LogP) is 3.95. The average molecular weight is 485 g/mol. The Hall–Kier alpha value is -3.23. The second kappa shape index (κ2) is 7.40. The number of carbonyl (C=O) groups is 2. The van der Waals surface area contributed by atoms with Gasteiger partial charge in [-0.25, -0.2) is 12.8 Å². The first kappa shape index (κ1) is 21.6. The van der Waals surface area contributed by atoms with E-state index in [1.165, 1.54) is 35.2 Å². The lowest BCUT2D eigenvalue weighted by Gasteiger charge is -2.32. The fourth-order valence-electron chi connectivity index (χ4n) is 4.57. The lowest BCUT2D eigenvalue weighted by Crippen LogP contribution is -2.54. The molecule has 5 rings (SSSR count). The van der Waals surface area contributed by atoms with Gasteiger partial charge in [-0.15, -0.1) is 0 Å². The lowest BCUT2D eigenvalue weighted by molar-refractivity contribution is -0.123. The van der Waals surface area contributed by atoms with Crippen molar-refractivity contribution in [2.45, 2.75) is 18.3 Å². The summed E-state index contributed by atoms with van der Waals surface area (Å²) in [6.45, 7) is 1.59. The van der Waals surface area contributed by atoms with Crippen LogP contribution in [0.15, 0.2) is 66.7 Å². The summed E-state index contributed by atoms with van der Waals surface area (Å²) in [5, 5.41) is 0.335. The summed E-state index contributed by atoms with van der Waals surface area (Å²) >= 11 is 6.27. The molecule has 0 bridgehead atoms. The first-order valence-electron chi connectivity index (χ1n) is 10.1. The quantitative estimate of drug-likeness (QED) is 0.564. The van der Waals surface area contributed by atoms with Gasteiger partial charge in [0.2, 0.25) is 5.91 Å². The Morgan fingerprint density at radius 2 is 1.73 bits per heavy atom. The van der Waals surface area contributed by atoms with Crippen molar-refractivity contribution in [2.24, 2.45) is 0 Å². The van der Waals surface area contributed by atoms with Gasteiger partial charge in [0.15, 0.2) is 9.84 Å². The first-order valence-corrected chi connectivity index (χ1v) is 12.2. The Balaban J connectivity index is 1.75. The molecule has 1 fully saturated rings. The lowest BCUT2D eigenvalue weighted by atomic mass is 10.0. The van der Waals surface area contributed by atoms with Gasteiger partial charge in [0, 0.05) is 21.8 Å². The van der Waals surface area contributed by atoms with E-state index in [1.807, 2.05) is 0 Å². The highest BCUT2D eigenvalue weighted by atomic mass is 35.5. The molecule has 1 atom stereocenters. The zero-order valence-corrected chi connectivity index (χ0v) is 19.0. The number of hydrogen-bond acceptors (Lipinski definition) is 4. The number of sulfone groups is 1. The van der Waals surface area contributed by atoms with Crippen LogP contribution in [-0.2, 0) is 30.8 Å². The Morgan fingerprint density at radius 1 is 1.03 bits per heavy atom. The molecular formula is C24H18ClFN2O4S. The number of rotatable bonds is 3. The summed E-state index contributed by atoms with van der Waals surface area (Å²) in [6, 6.07) is 17.1. The van der Waals surface area contributed by atoms with E-state index >= 15 is 0 Å². The zero-order chi connectivity index (χ0) is 23.5. The highest BCUT2D eigenvalue weighted by molar-refractivity contribution is 7.94. The Morgan fingerprint density at radius 3 is 2.45 bits per heavy atom. The molecule has 0 aromatic heterocycles. The molecular weight excluding hydrogens is 467 g/mol. The van der Waals surface area contributed by atoms with Gasteiger partial charge in [0.05, 0.1) is 12.2 Å². The first-order chi connectivity index (χ1) is 15.7. The van der Waals surface area contributed by atoms with Gasteiger partial charge in [-0.05, 0) is 36.8 Å². The van der Waals surface area contributed by atoms with Gasteiger partial charge in [0.25, 0.3) is 10.8 Å². The third kappa shape index (κ3) is 2.94. The molecule has 2 amide bonds. The number of nitrogens with zero attached hydrogens (tertiary/aromatic N) is 2. The topological polar surface area (TPSA) is 74.8 Å². The predicted molar refractivity (Wildman–Crippen MR) is 123 cm³/mol. The van der Waals surface area contributed by atoms with Crippen molar-refractivity contribution in [3.8, 4) is 0 Å². The van der Waals surface area contributed by atoms with E-state index in [0.717, 1.165) is 10.5 Å². The molecule has 6 nitrogen and oxygen atoms in total. The Labute approximate surface area is 195 Å². The van der Waals surface area contributed by atoms with Gasteiger partial charge < -0.3 is 4.90 Å². The Kier molecular flexibility index (Phi) is 4.84. The summed E-state index contributed by atoms with van der Waals surface area (Å²) in [7, 11) is -4.31. The van der Waals surface area contributed by atoms with Crippen LogP contribution in [-0.4, -0.2) is 26.0 Å². The van der Waals surface area contributed by atoms with E-state index in [2.05, 4.69) is 0 Å². The van der Waals surface area contributed by atoms with Crippen molar-refractivity contribution in [3.05, 3.63) is 94.3 Å². The number of fused-ring (bicyclic) bond motifs is 2. The van der Waals surface area contributed by atoms with E-state index in [0.29, 0.717) is 10.7 Å². The second-order valence-electron chi connectivity index (χ2n) is 8.07. The van der Waals surface area contributed by atoms with Crippen LogP contribution in [0.1, 0.15) is 16.7 Å². The standard InChI is InChI=1S/C24H18ClFN2O4S/c1-15-10-11-17(12-19(15)25)28-22(29)14-33(31,32)24(28)18-7-3-5-9-21(18)27(23(24)30)13-16-6-2-4-8-20(16)26/h2-12H,13-14H2,1H3/t24-/m0/s1. The minimum atomic E-state index is -4.31. The Bertz CT molecular complexity index is 1440. The van der Waals surface area contributed by atoms with Gasteiger partial charge in [-0.2, -0.15) is 0 Å². The van der Waals surface area contributed by atoms with Crippen molar-refractivity contribution in [2.75, 3.05) is 15.6 Å². The van der Waals surface area contributed by atoms with Crippen LogP contribution in [0.4, 0.5) is 15.8 Å². The smallest absolute Gasteiger partial charge is 0.274 e. The number of amides is 2. The van der Waals surface area contributed by atoms with E-state index in [9.17, 15) is 22.4 Å². The maximum atomic E-state index is 14.4. The second-order valence-corrected chi connectivity index (χ2v) is 10.6. The van der Waals surface area contributed by atoms with Crippen molar-refractivity contribution < 1.29 is 22.4 Å². The minimum absolute atomic E-state index is 0.161. The van der Waals surface area contributed by atoms with Crippen LogP contribution >= 0.6 is 11.6 Å². The summed E-state index contributed by atoms with van der Waals surface area (Å²) in [5.41, 5.74) is 1.64. The van der Waals surface area contributed by atoms with Crippen molar-refractivity contribution in [1.82, 2.24) is 0 Å². The van der Waals surface area contributed by atoms with E-state index in [-0.39, 0.29) is 23.4 Å². The average Bonchev–Trinajstić information content (AvgIpc) is 3.14. The van der Waals surface area contributed by atoms with Crippen LogP contribution < -0.4 is 9.80 Å². The molecule has 9 heteroatoms. The van der Waals surface area contributed by atoms with Crippen molar-refractivity contribution in [3.63, 3.8) is 0 Å². The number of anilines is 2. The SMILES string of the molecule is Cc1ccc(N2C(=O)CS(=O)(=O)[C@@]23C(=O)N(Cc2ccccc2F)c2ccccc23)cc1Cl. The molecule has 0 radical (unpaired) electrons. The van der Waals surface area contributed by atoms with Gasteiger partial charge in [-0.3, -0.25) is 14.5 Å². The molecule has 0 N–H and O–H groups in total. The number of benzene rings is 3. The monoisotopic (exact) mass is 484 g/mol. The molecule has 0 aliphatic carbocycles. The summed E-state index contributed by atoms with van der Waals surface area (Å²) in [6.07, 6.45) is 0. The fourth-order valence-corrected chi connectivity index (χ4v) is 6.77. The summed E-state index contributed by atoms with van der Waals surface area (Å²) in [5.74, 6) is -2.90. The van der Waals surface area contributed by atoms with E-state index in [4.69, 9.17) is 11.6 Å². The molecule has 1 spiro atoms. The maximum Gasteiger partial charge on any atom is 0.274 e. The summed E-state index contributed by atoms with van der Waals surface area (Å²) < 4.78 is 41.5. The van der Waals surface area contributed by atoms with Gasteiger partial charge >= 0.3 is 0 Å². The molecule has 3 aromatic carbocycles. The molecule has 0 saturated carbocycles. The third-order valence-electron chi connectivity index (χ3n) is 6.12. The van der Waals surface area contributed by atoms with E-state index in [1.54, 1.807) is 43.3 Å². The third-order valence-corrected chi connectivity index (χ3v) is 8.63. The molecule has 33 heavy (non-hydrogen) atoms. The van der Waals surface area contributed by atoms with Gasteiger partial charge in [0.1, 0.15) is 11.6 Å². The van der Waals surface area contributed by atoms with Gasteiger partial charge in [-0.1, -0.05) is 54.1 Å². The van der Waals surface area contributed by atoms with Crippen LogP contribution in [0.5, 0.6) is 0 Å². The number of aryl methyl sites for hydroxylation is 1. The largest absolute Gasteiger partial charge is 0.304 e. The van der Waals surface area contributed by atoms with Crippen LogP contribution in [0.3, 0.4) is 0 Å². The fraction of sp³-hybridized carbons (Fsp3) is 0.167. The maximum absolute atomic E-state index is 14.4. The molecule has 1 saturated heterocycles. The number of hydrogen-bond donors (Lipinski definition) is 0. The highest BCUT2D eigenvalue weighted by Crippen LogP contribution is 2.53. The van der Waals surface area contributed by atoms with Crippen LogP contribution in [0.25, 0.3) is 0 Å². The number of halogens is 2. The molecule has 2 aliphatic heterocycles.